The lowest BCUT2D eigenvalue weighted by Gasteiger charge is -2.04. The van der Waals surface area contributed by atoms with E-state index < -0.39 is 15.4 Å². The third-order valence-corrected chi connectivity index (χ3v) is 3.52. The molecule has 0 bridgehead atoms. The van der Waals surface area contributed by atoms with Gasteiger partial charge in [0.05, 0.1) is 0 Å². The summed E-state index contributed by atoms with van der Waals surface area (Å²) >= 11 is 0.649. The highest BCUT2D eigenvalue weighted by atomic mass is 32.2. The third-order valence-electron chi connectivity index (χ3n) is 1.61. The Morgan fingerprint density at radius 2 is 2.00 bits per heavy atom. The summed E-state index contributed by atoms with van der Waals surface area (Å²) in [6, 6.07) is 1.11. The minimum Gasteiger partial charge on any atom is -0.499 e. The number of hydrogen-bond acceptors (Lipinski definition) is 5. The topological polar surface area (TPSA) is 94.8 Å². The van der Waals surface area contributed by atoms with E-state index in [1.807, 2.05) is 0 Å². The van der Waals surface area contributed by atoms with Crippen molar-refractivity contribution in [3.63, 3.8) is 0 Å². The largest absolute Gasteiger partial charge is 0.499 e. The second-order valence-corrected chi connectivity index (χ2v) is 5.25. The van der Waals surface area contributed by atoms with Gasteiger partial charge in [-0.2, -0.15) is 8.42 Å². The van der Waals surface area contributed by atoms with E-state index in [1.54, 1.807) is 0 Å². The van der Waals surface area contributed by atoms with E-state index in [9.17, 15) is 8.42 Å². The Labute approximate surface area is 79.0 Å². The average molecular weight is 224 g/mol. The molecule has 0 fully saturated rings. The maximum Gasteiger partial charge on any atom is 0.271 e. The molecule has 1 aromatic rings. The minimum atomic E-state index is -4.23. The standard InChI is InChI=1S/C6H8O5S2/c1-3(13(9,10)11)4-2-5(7)12-6(4)8/h2-3,7-8H,1H3,(H,9,10,11). The molecule has 1 heterocycles. The summed E-state index contributed by atoms with van der Waals surface area (Å²) < 4.78 is 30.0. The molecule has 1 aromatic heterocycles. The van der Waals surface area contributed by atoms with Crippen molar-refractivity contribution in [1.29, 1.82) is 0 Å². The highest BCUT2D eigenvalue weighted by Crippen LogP contribution is 2.39. The van der Waals surface area contributed by atoms with Crippen molar-refractivity contribution in [2.75, 3.05) is 0 Å². The zero-order chi connectivity index (χ0) is 10.2. The van der Waals surface area contributed by atoms with Crippen LogP contribution in [0.1, 0.15) is 17.7 Å². The zero-order valence-electron chi connectivity index (χ0n) is 6.63. The van der Waals surface area contributed by atoms with Gasteiger partial charge in [-0.05, 0) is 6.92 Å². The molecule has 0 aliphatic heterocycles. The fraction of sp³-hybridized carbons (Fsp3) is 0.333. The minimum absolute atomic E-state index is 0.00463. The van der Waals surface area contributed by atoms with Gasteiger partial charge in [0.2, 0.25) is 0 Å². The predicted octanol–water partition coefficient (Wildman–Crippen LogP) is 1.11. The summed E-state index contributed by atoms with van der Waals surface area (Å²) in [7, 11) is -4.23. The van der Waals surface area contributed by atoms with E-state index in [0.29, 0.717) is 11.3 Å². The smallest absolute Gasteiger partial charge is 0.271 e. The molecule has 0 aliphatic carbocycles. The second kappa shape index (κ2) is 3.17. The fourth-order valence-electron chi connectivity index (χ4n) is 0.834. The van der Waals surface area contributed by atoms with Crippen LogP contribution in [0.2, 0.25) is 0 Å². The molecule has 7 heteroatoms. The van der Waals surface area contributed by atoms with Gasteiger partial charge in [0.1, 0.15) is 5.25 Å². The molecule has 1 rings (SSSR count). The molecule has 13 heavy (non-hydrogen) atoms. The monoisotopic (exact) mass is 224 g/mol. The van der Waals surface area contributed by atoms with Gasteiger partial charge in [-0.25, -0.2) is 0 Å². The van der Waals surface area contributed by atoms with E-state index in [0.717, 1.165) is 6.07 Å². The van der Waals surface area contributed by atoms with Crippen LogP contribution in [-0.4, -0.2) is 23.2 Å². The van der Waals surface area contributed by atoms with E-state index >= 15 is 0 Å². The van der Waals surface area contributed by atoms with Crippen molar-refractivity contribution in [3.8, 4) is 10.1 Å². The van der Waals surface area contributed by atoms with E-state index in [4.69, 9.17) is 14.8 Å². The summed E-state index contributed by atoms with van der Waals surface area (Å²) in [4.78, 5) is 0. The van der Waals surface area contributed by atoms with Crippen LogP contribution in [0.4, 0.5) is 0 Å². The fourth-order valence-corrected chi connectivity index (χ4v) is 2.15. The molecule has 74 valence electrons. The van der Waals surface area contributed by atoms with Crippen LogP contribution in [0, 0.1) is 0 Å². The number of aromatic hydroxyl groups is 2. The van der Waals surface area contributed by atoms with Gasteiger partial charge in [-0.1, -0.05) is 11.3 Å². The predicted molar refractivity (Wildman–Crippen MR) is 47.6 cm³/mol. The average Bonchev–Trinajstić information content (AvgIpc) is 2.26. The van der Waals surface area contributed by atoms with Crippen molar-refractivity contribution in [3.05, 3.63) is 11.6 Å². The van der Waals surface area contributed by atoms with Crippen LogP contribution in [0.15, 0.2) is 6.07 Å². The van der Waals surface area contributed by atoms with Crippen LogP contribution in [0.3, 0.4) is 0 Å². The molecule has 0 spiro atoms. The second-order valence-electron chi connectivity index (χ2n) is 2.50. The first-order chi connectivity index (χ1) is 5.82. The summed E-state index contributed by atoms with van der Waals surface area (Å²) in [6.45, 7) is 1.22. The Morgan fingerprint density at radius 3 is 2.31 bits per heavy atom. The van der Waals surface area contributed by atoms with Crippen LogP contribution >= 0.6 is 11.3 Å². The van der Waals surface area contributed by atoms with E-state index in [1.165, 1.54) is 6.92 Å². The molecular formula is C6H8O5S2. The normalized spacial score (nSPS) is 14.3. The Bertz CT molecular complexity index is 405. The molecule has 0 radical (unpaired) electrons. The molecule has 3 N–H and O–H groups in total. The Morgan fingerprint density at radius 1 is 1.46 bits per heavy atom. The summed E-state index contributed by atoms with van der Waals surface area (Å²) in [6.07, 6.45) is 0. The highest BCUT2D eigenvalue weighted by molar-refractivity contribution is 7.86. The van der Waals surface area contributed by atoms with Gasteiger partial charge in [-0.15, -0.1) is 0 Å². The van der Waals surface area contributed by atoms with Gasteiger partial charge < -0.3 is 10.2 Å². The Kier molecular flexibility index (Phi) is 2.51. The lowest BCUT2D eigenvalue weighted by Crippen LogP contribution is -2.07. The molecule has 0 aromatic carbocycles. The lowest BCUT2D eigenvalue weighted by molar-refractivity contribution is 0.461. The molecule has 0 amide bonds. The van der Waals surface area contributed by atoms with Gasteiger partial charge in [-0.3, -0.25) is 4.55 Å². The molecule has 0 saturated heterocycles. The summed E-state index contributed by atoms with van der Waals surface area (Å²) in [5.74, 6) is 0. The van der Waals surface area contributed by atoms with Crippen molar-refractivity contribution in [2.24, 2.45) is 0 Å². The molecule has 0 saturated carbocycles. The van der Waals surface area contributed by atoms with Crippen LogP contribution in [0.5, 0.6) is 10.1 Å². The SMILES string of the molecule is CC(c1cc(O)sc1O)S(=O)(=O)O. The van der Waals surface area contributed by atoms with Crippen molar-refractivity contribution >= 4 is 21.5 Å². The van der Waals surface area contributed by atoms with Gasteiger partial charge in [0, 0.05) is 11.6 Å². The molecular weight excluding hydrogens is 216 g/mol. The van der Waals surface area contributed by atoms with Crippen molar-refractivity contribution in [1.82, 2.24) is 0 Å². The molecule has 5 nitrogen and oxygen atoms in total. The van der Waals surface area contributed by atoms with Gasteiger partial charge >= 0.3 is 0 Å². The molecule has 0 aliphatic rings. The first-order valence-electron chi connectivity index (χ1n) is 3.30. The summed E-state index contributed by atoms with van der Waals surface area (Å²) in [5.41, 5.74) is 0.00463. The Balaban J connectivity index is 3.16. The Hall–Kier alpha value is -0.790. The van der Waals surface area contributed by atoms with Crippen molar-refractivity contribution < 1.29 is 23.2 Å². The maximum absolute atomic E-state index is 10.7. The number of hydrogen-bond donors (Lipinski definition) is 3. The quantitative estimate of drug-likeness (QED) is 0.654. The highest BCUT2D eigenvalue weighted by Gasteiger charge is 2.24. The van der Waals surface area contributed by atoms with Gasteiger partial charge in [0.15, 0.2) is 10.1 Å². The maximum atomic E-state index is 10.7. The summed E-state index contributed by atoms with van der Waals surface area (Å²) in [5, 5.41) is 16.4. The van der Waals surface area contributed by atoms with Crippen LogP contribution in [0.25, 0.3) is 0 Å². The van der Waals surface area contributed by atoms with E-state index in [2.05, 4.69) is 0 Å². The van der Waals surface area contributed by atoms with Crippen LogP contribution < -0.4 is 0 Å². The zero-order valence-corrected chi connectivity index (χ0v) is 8.26. The van der Waals surface area contributed by atoms with E-state index in [-0.39, 0.29) is 15.7 Å². The first-order valence-corrected chi connectivity index (χ1v) is 5.62. The first kappa shape index (κ1) is 10.3. The number of rotatable bonds is 2. The molecule has 1 unspecified atom stereocenters. The number of thiophene rings is 1. The lowest BCUT2D eigenvalue weighted by atomic mass is 10.2. The van der Waals surface area contributed by atoms with Crippen molar-refractivity contribution in [2.45, 2.75) is 12.2 Å². The third kappa shape index (κ3) is 2.11. The van der Waals surface area contributed by atoms with Crippen LogP contribution in [-0.2, 0) is 10.1 Å². The molecule has 1 atom stereocenters. The van der Waals surface area contributed by atoms with Gasteiger partial charge in [0.25, 0.3) is 10.1 Å².